The molecule has 5 rings (SSSR count). The van der Waals surface area contributed by atoms with Crippen LogP contribution >= 0.6 is 0 Å². The number of sulfonamides is 1. The molecule has 0 amide bonds. The fraction of sp³-hybridized carbons (Fsp3) is 0.560. The molecule has 1 aromatic carbocycles. The van der Waals surface area contributed by atoms with Crippen molar-refractivity contribution in [3.8, 4) is 5.75 Å². The summed E-state index contributed by atoms with van der Waals surface area (Å²) in [5.74, 6) is 2.36. The zero-order valence-electron chi connectivity index (χ0n) is 20.4. The number of nitrogens with one attached hydrogen (secondary N) is 4. The number of aromatic hydroxyl groups is 1. The summed E-state index contributed by atoms with van der Waals surface area (Å²) < 4.78 is 25.8. The van der Waals surface area contributed by atoms with Gasteiger partial charge in [0.25, 0.3) is 0 Å². The normalized spacial score (nSPS) is 27.2. The molecule has 2 aliphatic heterocycles. The van der Waals surface area contributed by atoms with E-state index in [0.29, 0.717) is 30.2 Å². The molecule has 1 aromatic heterocycles. The van der Waals surface area contributed by atoms with E-state index in [2.05, 4.69) is 44.5 Å². The summed E-state index contributed by atoms with van der Waals surface area (Å²) in [5.41, 5.74) is 11.8. The van der Waals surface area contributed by atoms with Crippen LogP contribution < -0.4 is 15.6 Å². The van der Waals surface area contributed by atoms with E-state index >= 15 is 0 Å². The molecule has 4 atom stereocenters. The molecule has 2 aromatic rings. The van der Waals surface area contributed by atoms with Gasteiger partial charge in [-0.2, -0.15) is 0 Å². The number of fused-ring (bicyclic) bond motifs is 1. The van der Waals surface area contributed by atoms with E-state index in [4.69, 9.17) is 4.98 Å². The van der Waals surface area contributed by atoms with Crippen LogP contribution in [0, 0.1) is 5.92 Å². The van der Waals surface area contributed by atoms with Crippen LogP contribution in [0.1, 0.15) is 60.8 Å². The molecule has 4 unspecified atom stereocenters. The third-order valence-corrected chi connectivity index (χ3v) is 9.26. The summed E-state index contributed by atoms with van der Waals surface area (Å²) in [4.78, 5) is 10.4. The van der Waals surface area contributed by atoms with Crippen LogP contribution in [0.2, 0.25) is 0 Å². The number of hydrazine groups is 1. The molecule has 0 radical (unpaired) electrons. The smallest absolute Gasteiger partial charge is 0.212 e. The van der Waals surface area contributed by atoms with E-state index in [1.54, 1.807) is 0 Å². The Kier molecular flexibility index (Phi) is 7.00. The van der Waals surface area contributed by atoms with Gasteiger partial charge >= 0.3 is 0 Å². The number of imidazole rings is 1. The van der Waals surface area contributed by atoms with Crippen LogP contribution in [0.5, 0.6) is 5.75 Å². The van der Waals surface area contributed by atoms with Crippen LogP contribution in [-0.4, -0.2) is 66.9 Å². The lowest BCUT2D eigenvalue weighted by Gasteiger charge is -2.33. The highest BCUT2D eigenvalue weighted by Gasteiger charge is 2.42. The van der Waals surface area contributed by atoms with E-state index in [-0.39, 0.29) is 11.8 Å². The summed E-state index contributed by atoms with van der Waals surface area (Å²) in [6, 6.07) is 6.34. The van der Waals surface area contributed by atoms with Crippen LogP contribution in [0.15, 0.2) is 30.5 Å². The molecule has 9 nitrogen and oxygen atoms in total. The highest BCUT2D eigenvalue weighted by atomic mass is 32.2. The molecule has 5 N–H and O–H groups in total. The Morgan fingerprint density at radius 2 is 2.11 bits per heavy atom. The first kappa shape index (κ1) is 24.5. The lowest BCUT2D eigenvalue weighted by molar-refractivity contribution is 0.276. The van der Waals surface area contributed by atoms with Crippen LogP contribution in [0.3, 0.4) is 0 Å². The molecule has 0 spiro atoms. The molecule has 1 aliphatic carbocycles. The van der Waals surface area contributed by atoms with E-state index in [1.807, 2.05) is 18.3 Å². The van der Waals surface area contributed by atoms with Crippen molar-refractivity contribution in [3.63, 3.8) is 0 Å². The summed E-state index contributed by atoms with van der Waals surface area (Å²) in [6.07, 6.45) is 8.28. The number of phenols is 1. The number of hydrogen-bond acceptors (Lipinski definition) is 7. The van der Waals surface area contributed by atoms with Gasteiger partial charge in [0.05, 0.1) is 23.7 Å². The summed E-state index contributed by atoms with van der Waals surface area (Å²) in [5, 5.41) is 9.88. The zero-order valence-corrected chi connectivity index (χ0v) is 21.2. The minimum absolute atomic E-state index is 0.102. The fourth-order valence-corrected chi connectivity index (χ4v) is 6.60. The Morgan fingerprint density at radius 3 is 2.91 bits per heavy atom. The second-order valence-electron chi connectivity index (χ2n) is 9.95. The van der Waals surface area contributed by atoms with Crippen LogP contribution in [0.4, 0.5) is 0 Å². The van der Waals surface area contributed by atoms with Gasteiger partial charge in [-0.3, -0.25) is 10.3 Å². The molecule has 0 bridgehead atoms. The number of aromatic amines is 1. The minimum atomic E-state index is -3.20. The van der Waals surface area contributed by atoms with Crippen molar-refractivity contribution in [3.05, 3.63) is 53.1 Å². The Labute approximate surface area is 207 Å². The van der Waals surface area contributed by atoms with Crippen molar-refractivity contribution in [2.75, 3.05) is 32.4 Å². The van der Waals surface area contributed by atoms with Crippen molar-refractivity contribution < 1.29 is 13.5 Å². The molecule has 35 heavy (non-hydrogen) atoms. The molecule has 2 fully saturated rings. The standard InChI is InChI=1S/C25H36N6O3S/c1-3-16-12-19(32)5-7-20(16)17-4-6-21-22(13-17)29-30-24(21)25-27-14-23(28-25)18-8-9-31(15-18)10-11-35(33,34)26-2/h5,7-8,12,14,17,21-22,24,26,29-30,32H,3-4,6,9-11,13,15H2,1-2H3,(H,27,28). The number of nitrogens with zero attached hydrogens (tertiary/aromatic N) is 2. The topological polar surface area (TPSA) is 122 Å². The Hall–Kier alpha value is -2.24. The maximum absolute atomic E-state index is 11.7. The first-order valence-corrected chi connectivity index (χ1v) is 14.2. The second kappa shape index (κ2) is 10.0. The number of rotatable bonds is 8. The molecule has 1 saturated carbocycles. The Bertz CT molecular complexity index is 1190. The lowest BCUT2D eigenvalue weighted by atomic mass is 9.73. The van der Waals surface area contributed by atoms with Crippen LogP contribution in [-0.2, 0) is 16.4 Å². The molecule has 3 aliphatic rings. The number of aryl methyl sites for hydroxylation is 1. The zero-order chi connectivity index (χ0) is 24.6. The van der Waals surface area contributed by atoms with Crippen molar-refractivity contribution in [1.82, 2.24) is 30.4 Å². The molecule has 190 valence electrons. The third kappa shape index (κ3) is 5.17. The number of H-pyrrole nitrogens is 1. The predicted molar refractivity (Wildman–Crippen MR) is 136 cm³/mol. The highest BCUT2D eigenvalue weighted by Crippen LogP contribution is 2.44. The van der Waals surface area contributed by atoms with E-state index in [9.17, 15) is 13.5 Å². The Morgan fingerprint density at radius 1 is 1.26 bits per heavy atom. The maximum Gasteiger partial charge on any atom is 0.212 e. The van der Waals surface area contributed by atoms with E-state index in [1.165, 1.54) is 18.2 Å². The summed E-state index contributed by atoms with van der Waals surface area (Å²) in [6.45, 7) is 4.11. The van der Waals surface area contributed by atoms with Gasteiger partial charge in [-0.05, 0) is 73.4 Å². The van der Waals surface area contributed by atoms with Gasteiger partial charge in [-0.25, -0.2) is 23.5 Å². The van der Waals surface area contributed by atoms with Gasteiger partial charge in [0.2, 0.25) is 10.0 Å². The largest absolute Gasteiger partial charge is 0.508 e. The van der Waals surface area contributed by atoms with Gasteiger partial charge in [0.15, 0.2) is 0 Å². The number of aromatic nitrogens is 2. The van der Waals surface area contributed by atoms with Crippen LogP contribution in [0.25, 0.3) is 5.57 Å². The number of phenolic OH excluding ortho intramolecular Hbond substituents is 1. The van der Waals surface area contributed by atoms with Gasteiger partial charge in [-0.15, -0.1) is 0 Å². The van der Waals surface area contributed by atoms with Crippen molar-refractivity contribution in [2.24, 2.45) is 5.92 Å². The Balaban J connectivity index is 1.20. The molecule has 3 heterocycles. The molecular formula is C25H36N6O3S. The van der Waals surface area contributed by atoms with E-state index < -0.39 is 10.0 Å². The van der Waals surface area contributed by atoms with Gasteiger partial charge in [0, 0.05) is 25.7 Å². The lowest BCUT2D eigenvalue weighted by Crippen LogP contribution is -2.35. The van der Waals surface area contributed by atoms with Crippen molar-refractivity contribution in [2.45, 2.75) is 50.6 Å². The van der Waals surface area contributed by atoms with Gasteiger partial charge in [0.1, 0.15) is 11.6 Å². The number of hydrogen-bond donors (Lipinski definition) is 5. The highest BCUT2D eigenvalue weighted by molar-refractivity contribution is 7.89. The van der Waals surface area contributed by atoms with Gasteiger partial charge < -0.3 is 10.1 Å². The summed E-state index contributed by atoms with van der Waals surface area (Å²) in [7, 11) is -1.74. The molecular weight excluding hydrogens is 464 g/mol. The molecule has 10 heteroatoms. The van der Waals surface area contributed by atoms with Crippen molar-refractivity contribution in [1.29, 1.82) is 0 Å². The summed E-state index contributed by atoms with van der Waals surface area (Å²) >= 11 is 0. The first-order chi connectivity index (χ1) is 16.9. The quantitative estimate of drug-likeness (QED) is 0.376. The third-order valence-electron chi connectivity index (χ3n) is 7.92. The molecule has 1 saturated heterocycles. The average molecular weight is 501 g/mol. The number of benzene rings is 1. The first-order valence-electron chi connectivity index (χ1n) is 12.6. The predicted octanol–water partition coefficient (Wildman–Crippen LogP) is 2.03. The van der Waals surface area contributed by atoms with Crippen molar-refractivity contribution >= 4 is 15.6 Å². The monoisotopic (exact) mass is 500 g/mol. The minimum Gasteiger partial charge on any atom is -0.508 e. The maximum atomic E-state index is 11.7. The second-order valence-corrected chi connectivity index (χ2v) is 12.0. The van der Waals surface area contributed by atoms with E-state index in [0.717, 1.165) is 55.9 Å². The fourth-order valence-electron chi connectivity index (χ4n) is 5.90. The SMILES string of the molecule is CCc1cc(O)ccc1C1CCC2C(C1)NNC2c1ncc(C2=CCN(CCS(=O)(=O)NC)C2)[nH]1. The average Bonchev–Trinajstić information content (AvgIpc) is 3.61. The van der Waals surface area contributed by atoms with Gasteiger partial charge in [-0.1, -0.05) is 19.1 Å².